The maximum atomic E-state index is 14.0. The Morgan fingerprint density at radius 1 is 1.13 bits per heavy atom. The summed E-state index contributed by atoms with van der Waals surface area (Å²) in [5.41, 5.74) is 4.22. The van der Waals surface area contributed by atoms with Crippen LogP contribution < -0.4 is 5.73 Å². The standard InChI is InChI=1S/C29H37N3O7/c1-4-14-10-16(13-32-8-6-5-7-9-32)23(33)20-17(14)11-15-12-18-22(31(2)3)25(35)21(28(30)38)27(37)29(18,39)26(36)19(15)24(20)34/h10,15,18,22,33,35-36,39H,4-9,11-13H2,1-3H3,(H2,30,38)/t15-,18-,22-,29-/m0/s1. The number of carbonyl (C=O) groups is 3. The van der Waals surface area contributed by atoms with Crippen molar-refractivity contribution in [2.45, 2.75) is 63.6 Å². The van der Waals surface area contributed by atoms with E-state index in [1.807, 2.05) is 13.0 Å². The number of hydrogen-bond donors (Lipinski definition) is 5. The van der Waals surface area contributed by atoms with Crippen LogP contribution in [0.2, 0.25) is 0 Å². The number of nitrogens with zero attached hydrogens (tertiary/aromatic N) is 2. The van der Waals surface area contributed by atoms with E-state index in [1.165, 1.54) is 6.42 Å². The number of piperidine rings is 1. The number of Topliss-reactive ketones (excluding diaryl/α,β-unsaturated/α-hetero) is 2. The molecule has 1 saturated heterocycles. The predicted octanol–water partition coefficient (Wildman–Crippen LogP) is 1.67. The molecule has 0 bridgehead atoms. The van der Waals surface area contributed by atoms with E-state index >= 15 is 0 Å². The van der Waals surface area contributed by atoms with Crippen molar-refractivity contribution in [1.29, 1.82) is 0 Å². The molecule has 1 heterocycles. The van der Waals surface area contributed by atoms with Gasteiger partial charge in [-0.1, -0.05) is 19.4 Å². The highest BCUT2D eigenvalue weighted by atomic mass is 16.3. The normalized spacial score (nSPS) is 29.4. The monoisotopic (exact) mass is 539 g/mol. The Labute approximate surface area is 227 Å². The van der Waals surface area contributed by atoms with Crippen LogP contribution in [0.15, 0.2) is 28.7 Å². The summed E-state index contributed by atoms with van der Waals surface area (Å²) in [5, 5.41) is 45.5. The number of likely N-dealkylation sites (N-methyl/N-ethyl adjacent to an activating group) is 1. The third-order valence-corrected chi connectivity index (χ3v) is 9.12. The fraction of sp³-hybridized carbons (Fsp3) is 0.552. The number of nitrogens with two attached hydrogens (primary N) is 1. The SMILES string of the molecule is CCc1cc(CN2CCCCC2)c(O)c2c1C[C@H]1C[C@H]3[C@H](N(C)C)C(O)=C(C(N)=O)C(=O)[C@@]3(O)C(O)=C1C2=O. The average molecular weight is 540 g/mol. The van der Waals surface area contributed by atoms with E-state index in [1.54, 1.807) is 19.0 Å². The third kappa shape index (κ3) is 3.99. The van der Waals surface area contributed by atoms with Crippen molar-refractivity contribution in [2.75, 3.05) is 27.2 Å². The summed E-state index contributed by atoms with van der Waals surface area (Å²) >= 11 is 0. The van der Waals surface area contributed by atoms with Crippen LogP contribution in [0.3, 0.4) is 0 Å². The molecule has 3 aliphatic carbocycles. The van der Waals surface area contributed by atoms with E-state index in [2.05, 4.69) is 4.90 Å². The molecule has 5 rings (SSSR count). The van der Waals surface area contributed by atoms with E-state index in [-0.39, 0.29) is 23.3 Å². The summed E-state index contributed by atoms with van der Waals surface area (Å²) in [6, 6.07) is 0.964. The van der Waals surface area contributed by atoms with Gasteiger partial charge in [0, 0.05) is 23.6 Å². The molecule has 6 N–H and O–H groups in total. The number of phenols is 1. The maximum absolute atomic E-state index is 14.0. The van der Waals surface area contributed by atoms with E-state index < -0.39 is 58.0 Å². The number of aliphatic hydroxyl groups excluding tert-OH is 2. The van der Waals surface area contributed by atoms with E-state index in [9.17, 15) is 34.8 Å². The molecule has 1 fully saturated rings. The summed E-state index contributed by atoms with van der Waals surface area (Å²) in [6.07, 6.45) is 4.36. The van der Waals surface area contributed by atoms with Crippen molar-refractivity contribution < 1.29 is 34.8 Å². The first-order chi connectivity index (χ1) is 18.4. The van der Waals surface area contributed by atoms with Crippen LogP contribution in [0.4, 0.5) is 0 Å². The Balaban J connectivity index is 1.65. The van der Waals surface area contributed by atoms with Crippen molar-refractivity contribution in [3.63, 3.8) is 0 Å². The Hall–Kier alpha value is -3.21. The number of carbonyl (C=O) groups excluding carboxylic acids is 3. The number of fused-ring (bicyclic) bond motifs is 3. The molecule has 0 spiro atoms. The molecule has 10 nitrogen and oxygen atoms in total. The van der Waals surface area contributed by atoms with Crippen LogP contribution >= 0.6 is 0 Å². The largest absolute Gasteiger partial charge is 0.510 e. The van der Waals surface area contributed by atoms with Gasteiger partial charge in [-0.2, -0.15) is 0 Å². The molecule has 1 aliphatic heterocycles. The van der Waals surface area contributed by atoms with Crippen LogP contribution in [-0.2, 0) is 29.0 Å². The lowest BCUT2D eigenvalue weighted by Crippen LogP contribution is -2.63. The number of allylic oxidation sites excluding steroid dienone is 1. The Morgan fingerprint density at radius 2 is 1.79 bits per heavy atom. The first kappa shape index (κ1) is 27.4. The van der Waals surface area contributed by atoms with Gasteiger partial charge in [0.25, 0.3) is 5.91 Å². The van der Waals surface area contributed by atoms with Gasteiger partial charge in [0.15, 0.2) is 11.4 Å². The van der Waals surface area contributed by atoms with Gasteiger partial charge in [-0.15, -0.1) is 0 Å². The lowest BCUT2D eigenvalue weighted by atomic mass is 9.58. The number of phenolic OH excluding ortho intramolecular Hbond substituents is 1. The van der Waals surface area contributed by atoms with Gasteiger partial charge >= 0.3 is 0 Å². The van der Waals surface area contributed by atoms with Crippen LogP contribution in [0.1, 0.15) is 59.7 Å². The number of hydrogen-bond acceptors (Lipinski definition) is 9. The van der Waals surface area contributed by atoms with Gasteiger partial charge in [-0.3, -0.25) is 24.2 Å². The van der Waals surface area contributed by atoms with E-state index in [4.69, 9.17) is 5.73 Å². The van der Waals surface area contributed by atoms with Crippen molar-refractivity contribution in [3.8, 4) is 5.75 Å². The zero-order valence-corrected chi connectivity index (χ0v) is 22.7. The quantitative estimate of drug-likeness (QED) is 0.350. The first-order valence-electron chi connectivity index (χ1n) is 13.7. The molecule has 0 aromatic heterocycles. The van der Waals surface area contributed by atoms with Gasteiger partial charge in [-0.25, -0.2) is 0 Å². The van der Waals surface area contributed by atoms with Crippen molar-refractivity contribution in [1.82, 2.24) is 9.80 Å². The summed E-state index contributed by atoms with van der Waals surface area (Å²) < 4.78 is 0. The molecule has 4 atom stereocenters. The second-order valence-corrected chi connectivity index (χ2v) is 11.6. The van der Waals surface area contributed by atoms with E-state index in [0.717, 1.165) is 31.5 Å². The topological polar surface area (TPSA) is 165 Å². The fourth-order valence-electron chi connectivity index (χ4n) is 7.25. The average Bonchev–Trinajstić information content (AvgIpc) is 2.88. The molecule has 1 aromatic rings. The molecule has 210 valence electrons. The molecule has 10 heteroatoms. The van der Waals surface area contributed by atoms with Gasteiger partial charge in [0.1, 0.15) is 22.8 Å². The lowest BCUT2D eigenvalue weighted by molar-refractivity contribution is -0.148. The number of rotatable bonds is 5. The first-order valence-corrected chi connectivity index (χ1v) is 13.7. The van der Waals surface area contributed by atoms with E-state index in [0.29, 0.717) is 30.5 Å². The highest BCUT2D eigenvalue weighted by Crippen LogP contribution is 2.52. The molecule has 0 saturated carbocycles. The van der Waals surface area contributed by atoms with Crippen LogP contribution in [-0.4, -0.2) is 86.5 Å². The van der Waals surface area contributed by atoms with Gasteiger partial charge in [-0.05, 0) is 76.3 Å². The van der Waals surface area contributed by atoms with Crippen LogP contribution in [0, 0.1) is 11.8 Å². The second kappa shape index (κ2) is 9.76. The molecule has 1 aromatic carbocycles. The minimum atomic E-state index is -2.63. The maximum Gasteiger partial charge on any atom is 0.255 e. The summed E-state index contributed by atoms with van der Waals surface area (Å²) in [4.78, 5) is 43.4. The molecule has 4 aliphatic rings. The number of ketones is 2. The minimum Gasteiger partial charge on any atom is -0.510 e. The highest BCUT2D eigenvalue weighted by Gasteiger charge is 2.63. The molecular weight excluding hydrogens is 502 g/mol. The summed E-state index contributed by atoms with van der Waals surface area (Å²) in [6.45, 7) is 4.30. The Bertz CT molecular complexity index is 1320. The van der Waals surface area contributed by atoms with Gasteiger partial charge in [0.05, 0.1) is 11.6 Å². The van der Waals surface area contributed by atoms with Crippen molar-refractivity contribution >= 4 is 17.5 Å². The van der Waals surface area contributed by atoms with Crippen molar-refractivity contribution in [3.05, 3.63) is 51.0 Å². The van der Waals surface area contributed by atoms with Crippen molar-refractivity contribution in [2.24, 2.45) is 17.6 Å². The van der Waals surface area contributed by atoms with Crippen LogP contribution in [0.25, 0.3) is 0 Å². The predicted molar refractivity (Wildman–Crippen MR) is 142 cm³/mol. The smallest absolute Gasteiger partial charge is 0.255 e. The number of benzene rings is 1. The number of aliphatic hydroxyl groups is 3. The number of primary amides is 1. The molecule has 39 heavy (non-hydrogen) atoms. The molecular formula is C29H37N3O7. The molecule has 0 radical (unpaired) electrons. The summed E-state index contributed by atoms with van der Waals surface area (Å²) in [7, 11) is 3.23. The second-order valence-electron chi connectivity index (χ2n) is 11.6. The van der Waals surface area contributed by atoms with Gasteiger partial charge in [0.2, 0.25) is 5.78 Å². The highest BCUT2D eigenvalue weighted by molar-refractivity contribution is 6.24. The number of amides is 1. The molecule has 0 unspecified atom stereocenters. The zero-order valence-electron chi connectivity index (χ0n) is 22.7. The number of aromatic hydroxyl groups is 1. The molecule has 1 amide bonds. The minimum absolute atomic E-state index is 0.0885. The Kier molecular flexibility index (Phi) is 6.85. The number of likely N-dealkylation sites (tertiary alicyclic amines) is 1. The zero-order chi connectivity index (χ0) is 28.4. The third-order valence-electron chi connectivity index (χ3n) is 9.12. The summed E-state index contributed by atoms with van der Waals surface area (Å²) in [5.74, 6) is -6.22. The number of aryl methyl sites for hydroxylation is 1. The van der Waals surface area contributed by atoms with Crippen LogP contribution in [0.5, 0.6) is 5.75 Å². The lowest BCUT2D eigenvalue weighted by Gasteiger charge is -2.50. The Morgan fingerprint density at radius 3 is 2.38 bits per heavy atom. The fourth-order valence-corrected chi connectivity index (χ4v) is 7.25. The van der Waals surface area contributed by atoms with Gasteiger partial charge < -0.3 is 26.2 Å².